The van der Waals surface area contributed by atoms with E-state index in [4.69, 9.17) is 0 Å². The Labute approximate surface area is 105 Å². The van der Waals surface area contributed by atoms with Crippen LogP contribution in [0.25, 0.3) is 0 Å². The van der Waals surface area contributed by atoms with Crippen LogP contribution >= 0.6 is 0 Å². The van der Waals surface area contributed by atoms with Crippen molar-refractivity contribution in [3.8, 4) is 0 Å². The first-order valence-electron chi connectivity index (χ1n) is 5.98. The van der Waals surface area contributed by atoms with Crippen molar-refractivity contribution in [1.82, 2.24) is 0 Å². The van der Waals surface area contributed by atoms with Crippen LogP contribution in [-0.2, 0) is 11.2 Å². The molecule has 0 bridgehead atoms. The fraction of sp³-hybridized carbons (Fsp3) is 0.538. The monoisotopic (exact) mass is 261 g/mol. The second-order valence-corrected chi connectivity index (χ2v) is 4.04. The maximum atomic E-state index is 11.8. The van der Waals surface area contributed by atoms with Gasteiger partial charge in [0.2, 0.25) is 0 Å². The summed E-state index contributed by atoms with van der Waals surface area (Å²) in [5.74, 6) is 0. The fourth-order valence-corrected chi connectivity index (χ4v) is 1.53. The fourth-order valence-electron chi connectivity index (χ4n) is 1.53. The number of halogens is 3. The summed E-state index contributed by atoms with van der Waals surface area (Å²) in [5.41, 5.74) is 2.15. The van der Waals surface area contributed by atoms with Crippen molar-refractivity contribution in [2.45, 2.75) is 25.9 Å². The van der Waals surface area contributed by atoms with E-state index in [1.165, 1.54) is 5.56 Å². The highest BCUT2D eigenvalue weighted by molar-refractivity contribution is 5.44. The lowest BCUT2D eigenvalue weighted by molar-refractivity contribution is -0.172. The highest BCUT2D eigenvalue weighted by Crippen LogP contribution is 2.14. The summed E-state index contributed by atoms with van der Waals surface area (Å²) in [7, 11) is 0. The molecule has 0 saturated carbocycles. The minimum atomic E-state index is -4.25. The Kier molecular flexibility index (Phi) is 5.98. The van der Waals surface area contributed by atoms with Gasteiger partial charge in [0.25, 0.3) is 0 Å². The summed E-state index contributed by atoms with van der Waals surface area (Å²) in [6.45, 7) is 1.33. The minimum Gasteiger partial charge on any atom is -0.383 e. The van der Waals surface area contributed by atoms with Crippen LogP contribution in [-0.4, -0.2) is 25.9 Å². The molecule has 0 radical (unpaired) electrons. The molecule has 2 nitrogen and oxygen atoms in total. The van der Waals surface area contributed by atoms with Gasteiger partial charge < -0.3 is 10.1 Å². The van der Waals surface area contributed by atoms with Gasteiger partial charge in [0.05, 0.1) is 6.61 Å². The zero-order valence-electron chi connectivity index (χ0n) is 10.4. The number of nitrogens with one attached hydrogen (secondary N) is 1. The minimum absolute atomic E-state index is 0.0379. The number of rotatable bonds is 7. The lowest BCUT2D eigenvalue weighted by Crippen LogP contribution is -2.20. The van der Waals surface area contributed by atoms with E-state index >= 15 is 0 Å². The van der Waals surface area contributed by atoms with E-state index in [-0.39, 0.29) is 6.61 Å². The summed E-state index contributed by atoms with van der Waals surface area (Å²) >= 11 is 0. The molecule has 0 heterocycles. The Morgan fingerprint density at radius 2 is 1.83 bits per heavy atom. The van der Waals surface area contributed by atoms with Crippen LogP contribution in [0.4, 0.5) is 18.9 Å². The SMILES string of the molecule is CCCc1ccc(NCCOCC(F)(F)F)cc1. The third-order valence-electron chi connectivity index (χ3n) is 2.33. The predicted octanol–water partition coefficient (Wildman–Crippen LogP) is 3.63. The van der Waals surface area contributed by atoms with Crippen molar-refractivity contribution in [2.75, 3.05) is 25.1 Å². The van der Waals surface area contributed by atoms with Crippen molar-refractivity contribution in [3.05, 3.63) is 29.8 Å². The van der Waals surface area contributed by atoms with Gasteiger partial charge >= 0.3 is 6.18 Å². The second-order valence-electron chi connectivity index (χ2n) is 4.04. The predicted molar refractivity (Wildman–Crippen MR) is 65.8 cm³/mol. The Balaban J connectivity index is 2.19. The van der Waals surface area contributed by atoms with Gasteiger partial charge in [0.1, 0.15) is 6.61 Å². The van der Waals surface area contributed by atoms with Crippen molar-refractivity contribution < 1.29 is 17.9 Å². The van der Waals surface area contributed by atoms with Crippen LogP contribution in [0.15, 0.2) is 24.3 Å². The van der Waals surface area contributed by atoms with Gasteiger partial charge in [-0.2, -0.15) is 13.2 Å². The average Bonchev–Trinajstić information content (AvgIpc) is 2.30. The molecule has 0 unspecified atom stereocenters. The molecule has 0 saturated heterocycles. The molecule has 1 rings (SSSR count). The molecular weight excluding hydrogens is 243 g/mol. The Hall–Kier alpha value is -1.23. The summed E-state index contributed by atoms with van der Waals surface area (Å²) in [6.07, 6.45) is -2.12. The first kappa shape index (κ1) is 14.8. The maximum Gasteiger partial charge on any atom is 0.411 e. The molecule has 18 heavy (non-hydrogen) atoms. The third-order valence-corrected chi connectivity index (χ3v) is 2.33. The zero-order chi connectivity index (χ0) is 13.4. The second kappa shape index (κ2) is 7.26. The van der Waals surface area contributed by atoms with Gasteiger partial charge in [-0.25, -0.2) is 0 Å². The van der Waals surface area contributed by atoms with Crippen LogP contribution in [0.5, 0.6) is 0 Å². The number of ether oxygens (including phenoxy) is 1. The van der Waals surface area contributed by atoms with E-state index < -0.39 is 12.8 Å². The highest BCUT2D eigenvalue weighted by Gasteiger charge is 2.27. The van der Waals surface area contributed by atoms with E-state index in [1.807, 2.05) is 24.3 Å². The Morgan fingerprint density at radius 1 is 1.17 bits per heavy atom. The molecule has 0 amide bonds. The molecule has 1 aromatic rings. The van der Waals surface area contributed by atoms with E-state index in [0.29, 0.717) is 6.54 Å². The normalized spacial score (nSPS) is 11.6. The van der Waals surface area contributed by atoms with Crippen molar-refractivity contribution >= 4 is 5.69 Å². The molecule has 1 N–H and O–H groups in total. The molecular formula is C13H18F3NO. The number of aryl methyl sites for hydroxylation is 1. The molecule has 0 aromatic heterocycles. The number of alkyl halides is 3. The van der Waals surface area contributed by atoms with Crippen molar-refractivity contribution in [2.24, 2.45) is 0 Å². The van der Waals surface area contributed by atoms with E-state index in [1.54, 1.807) is 0 Å². The van der Waals surface area contributed by atoms with Gasteiger partial charge in [-0.15, -0.1) is 0 Å². The lowest BCUT2D eigenvalue weighted by atomic mass is 10.1. The van der Waals surface area contributed by atoms with Gasteiger partial charge in [0, 0.05) is 12.2 Å². The molecule has 0 aliphatic carbocycles. The molecule has 0 aliphatic heterocycles. The first-order valence-corrected chi connectivity index (χ1v) is 5.98. The molecule has 0 spiro atoms. The third kappa shape index (κ3) is 6.49. The van der Waals surface area contributed by atoms with E-state index in [2.05, 4.69) is 17.0 Å². The quantitative estimate of drug-likeness (QED) is 0.757. The molecule has 0 fully saturated rings. The molecule has 0 atom stereocenters. The van der Waals surface area contributed by atoms with E-state index in [9.17, 15) is 13.2 Å². The van der Waals surface area contributed by atoms with Crippen LogP contribution in [0.3, 0.4) is 0 Å². The van der Waals surface area contributed by atoms with Crippen molar-refractivity contribution in [3.63, 3.8) is 0 Å². The van der Waals surface area contributed by atoms with Crippen LogP contribution in [0.1, 0.15) is 18.9 Å². The zero-order valence-corrected chi connectivity index (χ0v) is 10.4. The molecule has 102 valence electrons. The number of anilines is 1. The van der Waals surface area contributed by atoms with Crippen molar-refractivity contribution in [1.29, 1.82) is 0 Å². The summed E-state index contributed by atoms with van der Waals surface area (Å²) < 4.78 is 39.8. The van der Waals surface area contributed by atoms with Gasteiger partial charge in [0.15, 0.2) is 0 Å². The lowest BCUT2D eigenvalue weighted by Gasteiger charge is -2.09. The molecule has 5 heteroatoms. The Bertz CT molecular complexity index is 335. The largest absolute Gasteiger partial charge is 0.411 e. The Morgan fingerprint density at radius 3 is 2.39 bits per heavy atom. The average molecular weight is 261 g/mol. The topological polar surface area (TPSA) is 21.3 Å². The van der Waals surface area contributed by atoms with Gasteiger partial charge in [-0.1, -0.05) is 25.5 Å². The first-order chi connectivity index (χ1) is 8.51. The smallest absolute Gasteiger partial charge is 0.383 e. The number of benzene rings is 1. The maximum absolute atomic E-state index is 11.8. The summed E-state index contributed by atoms with van der Waals surface area (Å²) in [5, 5.41) is 3.01. The van der Waals surface area contributed by atoms with E-state index in [0.717, 1.165) is 18.5 Å². The molecule has 1 aromatic carbocycles. The molecule has 0 aliphatic rings. The highest BCUT2D eigenvalue weighted by atomic mass is 19.4. The number of hydrogen-bond acceptors (Lipinski definition) is 2. The van der Waals surface area contributed by atoms with Gasteiger partial charge in [-0.05, 0) is 24.1 Å². The summed E-state index contributed by atoms with van der Waals surface area (Å²) in [6, 6.07) is 7.88. The number of hydrogen-bond donors (Lipinski definition) is 1. The summed E-state index contributed by atoms with van der Waals surface area (Å²) in [4.78, 5) is 0. The standard InChI is InChI=1S/C13H18F3NO/c1-2-3-11-4-6-12(7-5-11)17-8-9-18-10-13(14,15)16/h4-7,17H,2-3,8-10H2,1H3. The van der Waals surface area contributed by atoms with Crippen LogP contribution < -0.4 is 5.32 Å². The van der Waals surface area contributed by atoms with Crippen LogP contribution in [0, 0.1) is 0 Å². The van der Waals surface area contributed by atoms with Crippen LogP contribution in [0.2, 0.25) is 0 Å². The van der Waals surface area contributed by atoms with Gasteiger partial charge in [-0.3, -0.25) is 0 Å².